The monoisotopic (exact) mass is 550 g/mol. The molecule has 0 saturated carbocycles. The van der Waals surface area contributed by atoms with E-state index < -0.39 is 0 Å². The fraction of sp³-hybridized carbons (Fsp3) is 0. The van der Waals surface area contributed by atoms with Crippen LogP contribution in [-0.2, 0) is 0 Å². The molecular weight excluding hydrogens is 528 g/mol. The summed E-state index contributed by atoms with van der Waals surface area (Å²) in [7, 11) is 0. The number of aromatic nitrogens is 4. The molecule has 0 aliphatic carbocycles. The molecule has 0 atom stereocenters. The van der Waals surface area contributed by atoms with Crippen LogP contribution < -0.4 is 0 Å². The molecule has 43 heavy (non-hydrogen) atoms. The van der Waals surface area contributed by atoms with Gasteiger partial charge in [0.2, 0.25) is 0 Å². The lowest BCUT2D eigenvalue weighted by Crippen LogP contribution is -2.10. The Hall–Kier alpha value is -5.94. The highest BCUT2D eigenvalue weighted by Crippen LogP contribution is 2.45. The van der Waals surface area contributed by atoms with Gasteiger partial charge in [-0.3, -0.25) is 9.36 Å². The summed E-state index contributed by atoms with van der Waals surface area (Å²) in [4.78, 5) is 19.8. The maximum absolute atomic E-state index is 14.7. The number of benzene rings is 6. The van der Waals surface area contributed by atoms with Gasteiger partial charge in [-0.1, -0.05) is 84.9 Å². The van der Waals surface area contributed by atoms with Crippen LogP contribution in [0, 0.1) is 0 Å². The Labute approximate surface area is 245 Å². The molecule has 0 fully saturated rings. The second-order valence-electron chi connectivity index (χ2n) is 11.2. The summed E-state index contributed by atoms with van der Waals surface area (Å²) in [6.07, 6.45) is 0. The van der Waals surface area contributed by atoms with Gasteiger partial charge in [0.1, 0.15) is 0 Å². The van der Waals surface area contributed by atoms with Gasteiger partial charge in [0.25, 0.3) is 5.91 Å². The predicted octanol–water partition coefficient (Wildman–Crippen LogP) is 8.90. The number of fused-ring (bicyclic) bond motifs is 11. The van der Waals surface area contributed by atoms with Crippen molar-refractivity contribution in [2.75, 3.05) is 0 Å². The zero-order chi connectivity index (χ0) is 28.2. The van der Waals surface area contributed by atoms with Crippen molar-refractivity contribution in [2.45, 2.75) is 0 Å². The lowest BCUT2D eigenvalue weighted by atomic mass is 10.0. The number of hydrogen-bond donors (Lipinski definition) is 0. The maximum Gasteiger partial charge on any atom is 0.267 e. The van der Waals surface area contributed by atoms with Gasteiger partial charge in [0.05, 0.1) is 55.6 Å². The summed E-state index contributed by atoms with van der Waals surface area (Å²) in [6.45, 7) is 0. The van der Waals surface area contributed by atoms with Gasteiger partial charge in [-0.2, -0.15) is 0 Å². The van der Waals surface area contributed by atoms with Gasteiger partial charge >= 0.3 is 0 Å². The largest absolute Gasteiger partial charge is 0.308 e. The first-order chi connectivity index (χ1) is 21.3. The zero-order valence-electron chi connectivity index (χ0n) is 22.9. The average Bonchev–Trinajstić information content (AvgIpc) is 3.78. The summed E-state index contributed by atoms with van der Waals surface area (Å²) in [5.41, 5.74) is 9.28. The van der Waals surface area contributed by atoms with E-state index in [-0.39, 0.29) is 5.91 Å². The van der Waals surface area contributed by atoms with Crippen LogP contribution in [0.4, 0.5) is 0 Å². The second-order valence-corrected chi connectivity index (χ2v) is 11.2. The van der Waals surface area contributed by atoms with Crippen molar-refractivity contribution in [3.63, 3.8) is 0 Å². The molecule has 3 aromatic heterocycles. The molecule has 0 saturated heterocycles. The fourth-order valence-corrected chi connectivity index (χ4v) is 7.27. The van der Waals surface area contributed by atoms with Crippen molar-refractivity contribution in [2.24, 2.45) is 0 Å². The molecule has 0 bridgehead atoms. The van der Waals surface area contributed by atoms with Gasteiger partial charge < -0.3 is 9.13 Å². The molecule has 0 amide bonds. The second kappa shape index (κ2) is 8.08. The van der Waals surface area contributed by atoms with Gasteiger partial charge in [0, 0.05) is 21.5 Å². The molecule has 9 aromatic rings. The van der Waals surface area contributed by atoms with Gasteiger partial charge in [0.15, 0.2) is 5.82 Å². The lowest BCUT2D eigenvalue weighted by Gasteiger charge is -2.17. The number of carbonyl (C=O) groups excluding carboxylic acids is 1. The van der Waals surface area contributed by atoms with Crippen LogP contribution in [0.3, 0.4) is 0 Å². The number of para-hydroxylation sites is 6. The van der Waals surface area contributed by atoms with Gasteiger partial charge in [-0.25, -0.2) is 4.98 Å². The van der Waals surface area contributed by atoms with Crippen LogP contribution in [0.5, 0.6) is 0 Å². The van der Waals surface area contributed by atoms with E-state index in [0.29, 0.717) is 11.4 Å². The minimum absolute atomic E-state index is 0.0572. The summed E-state index contributed by atoms with van der Waals surface area (Å²) in [6, 6.07) is 46.0. The third-order valence-corrected chi connectivity index (χ3v) is 9.00. The molecule has 200 valence electrons. The third kappa shape index (κ3) is 2.81. The van der Waals surface area contributed by atoms with Crippen LogP contribution in [0.2, 0.25) is 0 Å². The van der Waals surface area contributed by atoms with Crippen LogP contribution in [-0.4, -0.2) is 24.6 Å². The Morgan fingerprint density at radius 2 is 0.791 bits per heavy atom. The van der Waals surface area contributed by atoms with Crippen molar-refractivity contribution in [1.29, 1.82) is 0 Å². The van der Waals surface area contributed by atoms with E-state index >= 15 is 0 Å². The van der Waals surface area contributed by atoms with Crippen LogP contribution in [0.1, 0.15) is 10.4 Å². The molecule has 0 unspecified atom stereocenters. The van der Waals surface area contributed by atoms with Gasteiger partial charge in [-0.15, -0.1) is 0 Å². The van der Waals surface area contributed by atoms with Crippen molar-refractivity contribution in [1.82, 2.24) is 18.7 Å². The first-order valence-corrected chi connectivity index (χ1v) is 14.5. The quantitative estimate of drug-likeness (QED) is 0.216. The topological polar surface area (TPSA) is 44.8 Å². The van der Waals surface area contributed by atoms with Gasteiger partial charge in [-0.05, 0) is 48.5 Å². The number of nitrogens with zero attached hydrogens (tertiary/aromatic N) is 4. The van der Waals surface area contributed by atoms with Crippen molar-refractivity contribution in [3.05, 3.63) is 139 Å². The summed E-state index contributed by atoms with van der Waals surface area (Å²) in [5, 5.41) is 4.67. The Morgan fingerprint density at radius 3 is 1.28 bits per heavy atom. The van der Waals surface area contributed by atoms with E-state index in [9.17, 15) is 4.79 Å². The third-order valence-electron chi connectivity index (χ3n) is 9.00. The molecule has 5 nitrogen and oxygen atoms in total. The number of imidazole rings is 1. The summed E-state index contributed by atoms with van der Waals surface area (Å²) in [5.74, 6) is 0.624. The van der Waals surface area contributed by atoms with Crippen molar-refractivity contribution in [3.8, 4) is 22.8 Å². The molecule has 1 aliphatic rings. The average molecular weight is 551 g/mol. The normalized spacial score (nSPS) is 12.7. The highest BCUT2D eigenvalue weighted by atomic mass is 16.2. The SMILES string of the molecule is O=C1c2c(-n3c4ccccc4c4ccccc43)ccc(-n3c4ccccc4c4ccccc43)c2-c2nc3ccccc3n21. The Bertz CT molecular complexity index is 2540. The molecule has 4 heterocycles. The number of rotatable bonds is 2. The van der Waals surface area contributed by atoms with E-state index in [0.717, 1.165) is 60.8 Å². The first kappa shape index (κ1) is 22.7. The summed E-state index contributed by atoms with van der Waals surface area (Å²) >= 11 is 0. The molecule has 1 aliphatic heterocycles. The lowest BCUT2D eigenvalue weighted by molar-refractivity contribution is 0.0973. The van der Waals surface area contributed by atoms with Crippen molar-refractivity contribution < 1.29 is 4.79 Å². The zero-order valence-corrected chi connectivity index (χ0v) is 22.9. The fourth-order valence-electron chi connectivity index (χ4n) is 7.27. The number of hydrogen-bond acceptors (Lipinski definition) is 2. The molecule has 5 heteroatoms. The van der Waals surface area contributed by atoms with Crippen molar-refractivity contribution >= 4 is 60.6 Å². The molecule has 10 rings (SSSR count). The Balaban J connectivity index is 1.40. The van der Waals surface area contributed by atoms with E-state index in [1.165, 1.54) is 10.8 Å². The molecular formula is C38H22N4O. The van der Waals surface area contributed by atoms with Crippen LogP contribution in [0.15, 0.2) is 133 Å². The first-order valence-electron chi connectivity index (χ1n) is 14.5. The standard InChI is InChI=1S/C38H22N4O/c43-38-36-34(41-30-18-8-3-13-25(30)26-14-4-9-19-31(26)41)22-21-33(35(36)37-39-27-15-5-10-20-32(27)42(37)38)40-28-16-6-1-11-23(28)24-12-2-7-17-29(24)40/h1-22H. The predicted molar refractivity (Wildman–Crippen MR) is 174 cm³/mol. The molecule has 0 radical (unpaired) electrons. The van der Waals surface area contributed by atoms with E-state index in [1.807, 2.05) is 24.3 Å². The number of carbonyl (C=O) groups is 1. The minimum Gasteiger partial charge on any atom is -0.308 e. The van der Waals surface area contributed by atoms with E-state index in [2.05, 4.69) is 118 Å². The van der Waals surface area contributed by atoms with E-state index in [1.54, 1.807) is 4.57 Å². The molecule has 0 N–H and O–H groups in total. The maximum atomic E-state index is 14.7. The Morgan fingerprint density at radius 1 is 0.395 bits per heavy atom. The molecule has 6 aromatic carbocycles. The minimum atomic E-state index is -0.0572. The highest BCUT2D eigenvalue weighted by Gasteiger charge is 2.36. The van der Waals surface area contributed by atoms with Crippen LogP contribution >= 0.6 is 0 Å². The highest BCUT2D eigenvalue weighted by molar-refractivity contribution is 6.19. The van der Waals surface area contributed by atoms with E-state index in [4.69, 9.17) is 4.98 Å². The summed E-state index contributed by atoms with van der Waals surface area (Å²) < 4.78 is 6.34. The molecule has 0 spiro atoms. The Kier molecular flexibility index (Phi) is 4.27. The van der Waals surface area contributed by atoms with Crippen LogP contribution in [0.25, 0.3) is 77.4 Å². The smallest absolute Gasteiger partial charge is 0.267 e.